The van der Waals surface area contributed by atoms with Crippen LogP contribution in [0.1, 0.15) is 31.0 Å². The van der Waals surface area contributed by atoms with E-state index in [4.69, 9.17) is 17.3 Å². The summed E-state index contributed by atoms with van der Waals surface area (Å²) in [4.78, 5) is 10.9. The first-order chi connectivity index (χ1) is 8.72. The molecule has 0 aromatic carbocycles. The van der Waals surface area contributed by atoms with Gasteiger partial charge in [0.1, 0.15) is 5.82 Å². The standard InChI is InChI=1S/C11H15ClN4OS/c12-5-1-7-18-11-15-14-10(8-2-3-8)16(11)6-4-9(13)17/h1,5,8H,2-4,6-7H2,(H2,13,17)/b5-1-. The van der Waals surface area contributed by atoms with E-state index in [-0.39, 0.29) is 5.91 Å². The summed E-state index contributed by atoms with van der Waals surface area (Å²) < 4.78 is 2.01. The van der Waals surface area contributed by atoms with Crippen molar-refractivity contribution in [3.8, 4) is 0 Å². The minimum Gasteiger partial charge on any atom is -0.370 e. The normalized spacial score (nSPS) is 15.4. The zero-order valence-corrected chi connectivity index (χ0v) is 11.5. The Morgan fingerprint density at radius 3 is 2.94 bits per heavy atom. The van der Waals surface area contributed by atoms with Gasteiger partial charge in [-0.05, 0) is 12.8 Å². The number of nitrogens with two attached hydrogens (primary N) is 1. The predicted octanol–water partition coefficient (Wildman–Crippen LogP) is 1.88. The van der Waals surface area contributed by atoms with Crippen molar-refractivity contribution in [2.45, 2.75) is 36.9 Å². The number of hydrogen-bond donors (Lipinski definition) is 1. The van der Waals surface area contributed by atoms with Crippen LogP contribution in [0.3, 0.4) is 0 Å². The van der Waals surface area contributed by atoms with Gasteiger partial charge in [0.2, 0.25) is 5.91 Å². The fourth-order valence-corrected chi connectivity index (χ4v) is 2.62. The maximum absolute atomic E-state index is 10.9. The van der Waals surface area contributed by atoms with Gasteiger partial charge in [-0.1, -0.05) is 29.4 Å². The van der Waals surface area contributed by atoms with Crippen LogP contribution in [0.15, 0.2) is 16.8 Å². The lowest BCUT2D eigenvalue weighted by Gasteiger charge is -2.07. The number of halogens is 1. The van der Waals surface area contributed by atoms with E-state index < -0.39 is 0 Å². The Morgan fingerprint density at radius 1 is 1.56 bits per heavy atom. The molecule has 98 valence electrons. The first kappa shape index (κ1) is 13.4. The SMILES string of the molecule is NC(=O)CCn1c(SC/C=C\Cl)nnc1C1CC1. The Kier molecular flexibility index (Phi) is 4.66. The molecule has 0 aliphatic heterocycles. The van der Waals surface area contributed by atoms with Gasteiger partial charge in [-0.3, -0.25) is 4.79 Å². The topological polar surface area (TPSA) is 73.8 Å². The molecule has 1 aliphatic rings. The number of carbonyl (C=O) groups is 1. The van der Waals surface area contributed by atoms with Crippen LogP contribution < -0.4 is 5.73 Å². The van der Waals surface area contributed by atoms with E-state index in [2.05, 4.69) is 10.2 Å². The minimum absolute atomic E-state index is 0.304. The van der Waals surface area contributed by atoms with Crippen LogP contribution in [0.2, 0.25) is 0 Å². The average molecular weight is 287 g/mol. The molecule has 1 saturated carbocycles. The minimum atomic E-state index is -0.304. The molecule has 0 unspecified atom stereocenters. The summed E-state index contributed by atoms with van der Waals surface area (Å²) in [6.07, 6.45) is 4.47. The molecule has 1 heterocycles. The summed E-state index contributed by atoms with van der Waals surface area (Å²) in [6, 6.07) is 0. The molecular weight excluding hydrogens is 272 g/mol. The van der Waals surface area contributed by atoms with Gasteiger partial charge in [-0.15, -0.1) is 10.2 Å². The van der Waals surface area contributed by atoms with Crippen LogP contribution in [-0.4, -0.2) is 26.4 Å². The Hall–Kier alpha value is -1.01. The Balaban J connectivity index is 2.09. The highest BCUT2D eigenvalue weighted by Crippen LogP contribution is 2.40. The fourth-order valence-electron chi connectivity index (χ4n) is 1.64. The van der Waals surface area contributed by atoms with Crippen molar-refractivity contribution in [2.75, 3.05) is 5.75 Å². The van der Waals surface area contributed by atoms with Gasteiger partial charge in [-0.2, -0.15) is 0 Å². The van der Waals surface area contributed by atoms with E-state index in [1.807, 2.05) is 10.6 Å². The number of primary amides is 1. The van der Waals surface area contributed by atoms with Gasteiger partial charge in [0.25, 0.3) is 0 Å². The van der Waals surface area contributed by atoms with E-state index in [1.54, 1.807) is 11.8 Å². The average Bonchev–Trinajstić information content (AvgIpc) is 3.10. The number of rotatable bonds is 7. The summed E-state index contributed by atoms with van der Waals surface area (Å²) in [5.74, 6) is 1.92. The maximum Gasteiger partial charge on any atom is 0.219 e. The Morgan fingerprint density at radius 2 is 2.33 bits per heavy atom. The molecule has 0 atom stereocenters. The van der Waals surface area contributed by atoms with Crippen molar-refractivity contribution in [1.29, 1.82) is 0 Å². The first-order valence-electron chi connectivity index (χ1n) is 5.81. The van der Waals surface area contributed by atoms with E-state index >= 15 is 0 Å². The molecular formula is C11H15ClN4OS. The smallest absolute Gasteiger partial charge is 0.219 e. The lowest BCUT2D eigenvalue weighted by molar-refractivity contribution is -0.118. The second-order valence-corrected chi connectivity index (χ2v) is 5.39. The maximum atomic E-state index is 10.9. The van der Waals surface area contributed by atoms with Crippen LogP contribution in [0.4, 0.5) is 0 Å². The highest BCUT2D eigenvalue weighted by molar-refractivity contribution is 7.99. The second-order valence-electron chi connectivity index (χ2n) is 4.16. The number of nitrogens with zero attached hydrogens (tertiary/aromatic N) is 3. The molecule has 7 heteroatoms. The summed E-state index contributed by atoms with van der Waals surface area (Å²) >= 11 is 7.03. The van der Waals surface area contributed by atoms with Crippen molar-refractivity contribution < 1.29 is 4.79 Å². The molecule has 5 nitrogen and oxygen atoms in total. The molecule has 0 spiro atoms. The molecule has 1 aromatic rings. The quantitative estimate of drug-likeness (QED) is 0.777. The second kappa shape index (κ2) is 6.24. The van der Waals surface area contributed by atoms with Gasteiger partial charge in [0, 0.05) is 30.2 Å². The van der Waals surface area contributed by atoms with Crippen molar-refractivity contribution >= 4 is 29.3 Å². The monoisotopic (exact) mass is 286 g/mol. The van der Waals surface area contributed by atoms with E-state index in [9.17, 15) is 4.79 Å². The van der Waals surface area contributed by atoms with Crippen LogP contribution in [0.25, 0.3) is 0 Å². The van der Waals surface area contributed by atoms with Crippen LogP contribution in [0, 0.1) is 0 Å². The molecule has 1 fully saturated rings. The zero-order valence-electron chi connectivity index (χ0n) is 9.88. The van der Waals surface area contributed by atoms with Crippen molar-refractivity contribution in [2.24, 2.45) is 5.73 Å². The third-order valence-corrected chi connectivity index (χ3v) is 3.77. The number of hydrogen-bond acceptors (Lipinski definition) is 4. The number of aromatic nitrogens is 3. The van der Waals surface area contributed by atoms with Gasteiger partial charge in [0.15, 0.2) is 5.16 Å². The third-order valence-electron chi connectivity index (χ3n) is 2.67. The molecule has 1 aromatic heterocycles. The van der Waals surface area contributed by atoms with E-state index in [0.717, 1.165) is 29.6 Å². The third kappa shape index (κ3) is 3.49. The molecule has 0 saturated heterocycles. The van der Waals surface area contributed by atoms with Gasteiger partial charge in [-0.25, -0.2) is 0 Å². The van der Waals surface area contributed by atoms with Crippen LogP contribution >= 0.6 is 23.4 Å². The predicted molar refractivity (Wildman–Crippen MR) is 71.5 cm³/mol. The Bertz CT molecular complexity index is 456. The zero-order chi connectivity index (χ0) is 13.0. The largest absolute Gasteiger partial charge is 0.370 e. The molecule has 2 N–H and O–H groups in total. The molecule has 0 radical (unpaired) electrons. The Labute approximate surface area is 115 Å². The number of carbonyl (C=O) groups excluding carboxylic acids is 1. The lowest BCUT2D eigenvalue weighted by atomic mass is 10.3. The van der Waals surface area contributed by atoms with Gasteiger partial charge < -0.3 is 10.3 Å². The summed E-state index contributed by atoms with van der Waals surface area (Å²) in [6.45, 7) is 0.557. The molecule has 2 rings (SSSR count). The molecule has 1 aliphatic carbocycles. The number of amides is 1. The summed E-state index contributed by atoms with van der Waals surface area (Å²) in [5, 5.41) is 9.22. The van der Waals surface area contributed by atoms with E-state index in [1.165, 1.54) is 5.54 Å². The molecule has 0 bridgehead atoms. The highest BCUT2D eigenvalue weighted by Gasteiger charge is 2.30. The number of thioether (sulfide) groups is 1. The summed E-state index contributed by atoms with van der Waals surface area (Å²) in [5.41, 5.74) is 6.68. The van der Waals surface area contributed by atoms with Crippen LogP contribution in [0.5, 0.6) is 0 Å². The molecule has 18 heavy (non-hydrogen) atoms. The highest BCUT2D eigenvalue weighted by atomic mass is 35.5. The summed E-state index contributed by atoms with van der Waals surface area (Å²) in [7, 11) is 0. The van der Waals surface area contributed by atoms with Crippen molar-refractivity contribution in [1.82, 2.24) is 14.8 Å². The van der Waals surface area contributed by atoms with Gasteiger partial charge >= 0.3 is 0 Å². The van der Waals surface area contributed by atoms with Gasteiger partial charge in [0.05, 0.1) is 0 Å². The fraction of sp³-hybridized carbons (Fsp3) is 0.545. The first-order valence-corrected chi connectivity index (χ1v) is 7.24. The molecule has 1 amide bonds. The van der Waals surface area contributed by atoms with Crippen molar-refractivity contribution in [3.63, 3.8) is 0 Å². The van der Waals surface area contributed by atoms with Crippen LogP contribution in [-0.2, 0) is 11.3 Å². The van der Waals surface area contributed by atoms with Crippen molar-refractivity contribution in [3.05, 3.63) is 17.4 Å². The van der Waals surface area contributed by atoms with E-state index in [0.29, 0.717) is 18.9 Å². The lowest BCUT2D eigenvalue weighted by Crippen LogP contribution is -2.15.